The van der Waals surface area contributed by atoms with Crippen molar-refractivity contribution in [3.05, 3.63) is 47.9 Å². The summed E-state index contributed by atoms with van der Waals surface area (Å²) in [6, 6.07) is 7.68. The molecule has 1 heterocycles. The number of carbonyl (C=O) groups is 1. The molecule has 1 fully saturated rings. The van der Waals surface area contributed by atoms with Crippen LogP contribution in [0.15, 0.2) is 41.7 Å². The lowest BCUT2D eigenvalue weighted by Gasteiger charge is -2.13. The number of hydrogen-bond acceptors (Lipinski definition) is 6. The lowest BCUT2D eigenvalue weighted by Crippen LogP contribution is -2.16. The minimum Gasteiger partial charge on any atom is -0.477 e. The van der Waals surface area contributed by atoms with Gasteiger partial charge in [0.2, 0.25) is 5.88 Å². The van der Waals surface area contributed by atoms with Crippen molar-refractivity contribution in [2.45, 2.75) is 25.3 Å². The van der Waals surface area contributed by atoms with Gasteiger partial charge < -0.3 is 15.8 Å². The highest BCUT2D eigenvalue weighted by molar-refractivity contribution is 8.13. The number of aliphatic imine (C=N–C) groups is 1. The fraction of sp³-hybridized carbons (Fsp3) is 0.333. The van der Waals surface area contributed by atoms with Crippen LogP contribution in [0.5, 0.6) is 5.88 Å². The van der Waals surface area contributed by atoms with Gasteiger partial charge in [-0.25, -0.2) is 9.97 Å². The highest BCUT2D eigenvalue weighted by Gasteiger charge is 2.44. The molecule has 1 aliphatic carbocycles. The Morgan fingerprint density at radius 3 is 2.81 bits per heavy atom. The Kier molecular flexibility index (Phi) is 5.41. The lowest BCUT2D eigenvalue weighted by molar-refractivity contribution is 0.102. The minimum absolute atomic E-state index is 0.227. The van der Waals surface area contributed by atoms with Gasteiger partial charge >= 0.3 is 0 Å². The van der Waals surface area contributed by atoms with Crippen molar-refractivity contribution < 1.29 is 9.53 Å². The number of rotatable bonds is 6. The van der Waals surface area contributed by atoms with Gasteiger partial charge in [0, 0.05) is 5.69 Å². The Labute approximate surface area is 156 Å². The van der Waals surface area contributed by atoms with E-state index < -0.39 is 0 Å². The molecule has 8 heteroatoms. The molecule has 26 heavy (non-hydrogen) atoms. The summed E-state index contributed by atoms with van der Waals surface area (Å²) < 4.78 is 5.23. The lowest BCUT2D eigenvalue weighted by atomic mass is 10.0. The summed E-state index contributed by atoms with van der Waals surface area (Å²) in [7, 11) is 0. The number of nitrogens with zero attached hydrogens (tertiary/aromatic N) is 3. The summed E-state index contributed by atoms with van der Waals surface area (Å²) in [4.78, 5) is 25.1. The third-order valence-electron chi connectivity index (χ3n) is 4.07. The highest BCUT2D eigenvalue weighted by atomic mass is 32.2. The molecule has 2 aromatic rings. The number of carbonyl (C=O) groups excluding carboxylic acids is 1. The molecule has 1 aromatic carbocycles. The first-order valence-electron chi connectivity index (χ1n) is 8.32. The average Bonchev–Trinajstić information content (AvgIpc) is 3.43. The van der Waals surface area contributed by atoms with E-state index in [-0.39, 0.29) is 17.1 Å². The van der Waals surface area contributed by atoms with Crippen LogP contribution in [0, 0.1) is 0 Å². The Morgan fingerprint density at radius 1 is 1.38 bits per heavy atom. The Hall–Kier alpha value is -2.61. The van der Waals surface area contributed by atoms with Crippen molar-refractivity contribution in [2.24, 2.45) is 10.7 Å². The molecule has 0 atom stereocenters. The molecule has 0 saturated heterocycles. The second-order valence-corrected chi connectivity index (χ2v) is 6.72. The standard InChI is InChI=1S/C18H21N5O2S/c1-3-25-15-11-20-14(10-21-15)16(24)22-13-6-4-5-12(9-13)18(7-8-18)23-17(19)26-2/h4-6,9-11H,3,7-8H2,1-2H3,(H2,19,23)(H,22,24). The van der Waals surface area contributed by atoms with Crippen molar-refractivity contribution in [1.29, 1.82) is 0 Å². The van der Waals surface area contributed by atoms with Crippen LogP contribution in [0.4, 0.5) is 5.69 Å². The van der Waals surface area contributed by atoms with Crippen LogP contribution in [0.3, 0.4) is 0 Å². The maximum absolute atomic E-state index is 12.4. The first-order valence-corrected chi connectivity index (χ1v) is 9.55. The summed E-state index contributed by atoms with van der Waals surface area (Å²) in [5.41, 5.74) is 7.59. The van der Waals surface area contributed by atoms with Gasteiger partial charge in [0.1, 0.15) is 5.69 Å². The molecule has 0 bridgehead atoms. The van der Waals surface area contributed by atoms with Crippen LogP contribution in [0.1, 0.15) is 35.8 Å². The van der Waals surface area contributed by atoms with Crippen LogP contribution in [-0.2, 0) is 5.54 Å². The molecule has 136 valence electrons. The molecular formula is C18H21N5O2S. The quantitative estimate of drug-likeness (QED) is 0.598. The van der Waals surface area contributed by atoms with Crippen molar-refractivity contribution >= 4 is 28.5 Å². The van der Waals surface area contributed by atoms with E-state index in [1.807, 2.05) is 37.4 Å². The number of thioether (sulfide) groups is 1. The number of nitrogens with one attached hydrogen (secondary N) is 1. The maximum atomic E-state index is 12.4. The maximum Gasteiger partial charge on any atom is 0.275 e. The molecule has 0 unspecified atom stereocenters. The Morgan fingerprint density at radius 2 is 2.19 bits per heavy atom. The summed E-state index contributed by atoms with van der Waals surface area (Å²) >= 11 is 1.44. The zero-order valence-electron chi connectivity index (χ0n) is 14.7. The predicted molar refractivity (Wildman–Crippen MR) is 104 cm³/mol. The fourth-order valence-corrected chi connectivity index (χ4v) is 2.84. The number of hydrogen-bond donors (Lipinski definition) is 2. The molecule has 7 nitrogen and oxygen atoms in total. The van der Waals surface area contributed by atoms with Crippen LogP contribution in [0.2, 0.25) is 0 Å². The van der Waals surface area contributed by atoms with Crippen molar-refractivity contribution in [3.63, 3.8) is 0 Å². The van der Waals surface area contributed by atoms with E-state index in [4.69, 9.17) is 10.5 Å². The van der Waals surface area contributed by atoms with Crippen molar-refractivity contribution in [1.82, 2.24) is 9.97 Å². The molecule has 0 spiro atoms. The third-order valence-corrected chi connectivity index (χ3v) is 4.58. The molecule has 1 amide bonds. The zero-order chi connectivity index (χ0) is 18.6. The minimum atomic E-state index is -0.324. The average molecular weight is 371 g/mol. The number of aromatic nitrogens is 2. The number of nitrogens with two attached hydrogens (primary N) is 1. The van der Waals surface area contributed by atoms with Gasteiger partial charge in [0.25, 0.3) is 5.91 Å². The van der Waals surface area contributed by atoms with E-state index in [9.17, 15) is 4.79 Å². The summed E-state index contributed by atoms with van der Waals surface area (Å²) in [6.45, 7) is 2.36. The topological polar surface area (TPSA) is 102 Å². The van der Waals surface area contributed by atoms with Crippen LogP contribution < -0.4 is 15.8 Å². The van der Waals surface area contributed by atoms with E-state index in [0.29, 0.717) is 23.3 Å². The second-order valence-electron chi connectivity index (χ2n) is 5.89. The monoisotopic (exact) mass is 371 g/mol. The van der Waals surface area contributed by atoms with Crippen LogP contribution >= 0.6 is 11.8 Å². The second kappa shape index (κ2) is 7.74. The first-order chi connectivity index (χ1) is 12.6. The Bertz CT molecular complexity index is 819. The molecule has 1 aromatic heterocycles. The van der Waals surface area contributed by atoms with Crippen LogP contribution in [-0.4, -0.2) is 33.9 Å². The van der Waals surface area contributed by atoms with Gasteiger partial charge in [-0.2, -0.15) is 0 Å². The van der Waals surface area contributed by atoms with E-state index in [2.05, 4.69) is 20.3 Å². The number of anilines is 1. The molecule has 1 aliphatic rings. The molecule has 0 aliphatic heterocycles. The normalized spacial score (nSPS) is 15.4. The molecule has 0 radical (unpaired) electrons. The highest BCUT2D eigenvalue weighted by Crippen LogP contribution is 2.50. The van der Waals surface area contributed by atoms with Crippen LogP contribution in [0.25, 0.3) is 0 Å². The van der Waals surface area contributed by atoms with E-state index >= 15 is 0 Å². The summed E-state index contributed by atoms with van der Waals surface area (Å²) in [5.74, 6) is 0.0700. The first kappa shape index (κ1) is 18.2. The van der Waals surface area contributed by atoms with Gasteiger partial charge in [0.15, 0.2) is 5.17 Å². The van der Waals surface area contributed by atoms with Gasteiger partial charge in [-0.3, -0.25) is 9.79 Å². The molecule has 1 saturated carbocycles. The number of amidine groups is 1. The Balaban J connectivity index is 1.74. The number of ether oxygens (including phenoxy) is 1. The summed E-state index contributed by atoms with van der Waals surface area (Å²) in [5, 5.41) is 3.42. The molecule has 3 rings (SSSR count). The van der Waals surface area contributed by atoms with E-state index in [1.165, 1.54) is 24.2 Å². The zero-order valence-corrected chi connectivity index (χ0v) is 15.5. The van der Waals surface area contributed by atoms with Crippen molar-refractivity contribution in [3.8, 4) is 5.88 Å². The third kappa shape index (κ3) is 4.13. The van der Waals surface area contributed by atoms with E-state index in [1.54, 1.807) is 0 Å². The SMILES string of the molecule is CCOc1cnc(C(=O)Nc2cccc(C3(N=C(N)SC)CC3)c2)cn1. The van der Waals surface area contributed by atoms with Crippen molar-refractivity contribution in [2.75, 3.05) is 18.2 Å². The molecular weight excluding hydrogens is 350 g/mol. The fourth-order valence-electron chi connectivity index (χ4n) is 2.58. The van der Waals surface area contributed by atoms with Gasteiger partial charge in [-0.1, -0.05) is 23.9 Å². The van der Waals surface area contributed by atoms with Gasteiger partial charge in [-0.15, -0.1) is 0 Å². The number of amides is 1. The smallest absolute Gasteiger partial charge is 0.275 e. The van der Waals surface area contributed by atoms with Gasteiger partial charge in [-0.05, 0) is 43.7 Å². The predicted octanol–water partition coefficient (Wildman–Crippen LogP) is 2.79. The van der Waals surface area contributed by atoms with E-state index in [0.717, 1.165) is 18.4 Å². The largest absolute Gasteiger partial charge is 0.477 e. The molecule has 3 N–H and O–H groups in total. The van der Waals surface area contributed by atoms with Gasteiger partial charge in [0.05, 0.1) is 24.5 Å². The summed E-state index contributed by atoms with van der Waals surface area (Å²) in [6.07, 6.45) is 6.65. The number of benzene rings is 1.